The van der Waals surface area contributed by atoms with Crippen LogP contribution in [-0.4, -0.2) is 59.6 Å². The Morgan fingerprint density at radius 3 is 2.74 bits per heavy atom. The fraction of sp³-hybridized carbons (Fsp3) is 0.692. The number of hydrogen-bond donors (Lipinski definition) is 2. The van der Waals surface area contributed by atoms with E-state index in [0.717, 1.165) is 17.8 Å². The summed E-state index contributed by atoms with van der Waals surface area (Å²) in [4.78, 5) is 0.857. The first-order valence-corrected chi connectivity index (χ1v) is 11.5. The molecule has 0 saturated carbocycles. The molecule has 1 fully saturated rings. The second-order valence-electron chi connectivity index (χ2n) is 5.28. The summed E-state index contributed by atoms with van der Waals surface area (Å²) in [5.74, 6) is 0.0417. The Bertz CT molecular complexity index is 705. The highest BCUT2D eigenvalue weighted by Gasteiger charge is 2.26. The molecule has 0 bridgehead atoms. The molecule has 132 valence electrons. The maximum Gasteiger partial charge on any atom is 0.252 e. The lowest BCUT2D eigenvalue weighted by atomic mass is 10.3. The van der Waals surface area contributed by atoms with Crippen LogP contribution in [0.5, 0.6) is 0 Å². The summed E-state index contributed by atoms with van der Waals surface area (Å²) in [6.07, 6.45) is 1.29. The van der Waals surface area contributed by atoms with Gasteiger partial charge in [0.1, 0.15) is 4.21 Å². The molecule has 0 spiro atoms. The van der Waals surface area contributed by atoms with Crippen LogP contribution in [0, 0.1) is 0 Å². The Balaban J connectivity index is 2.00. The van der Waals surface area contributed by atoms with Gasteiger partial charge in [-0.1, -0.05) is 0 Å². The van der Waals surface area contributed by atoms with Gasteiger partial charge >= 0.3 is 0 Å². The van der Waals surface area contributed by atoms with Crippen molar-refractivity contribution < 1.29 is 16.8 Å². The van der Waals surface area contributed by atoms with E-state index in [1.54, 1.807) is 19.1 Å². The van der Waals surface area contributed by atoms with Gasteiger partial charge in [-0.25, -0.2) is 21.6 Å². The van der Waals surface area contributed by atoms with Crippen molar-refractivity contribution in [3.05, 3.63) is 17.0 Å². The third-order valence-electron chi connectivity index (χ3n) is 3.60. The van der Waals surface area contributed by atoms with Crippen molar-refractivity contribution in [1.82, 2.24) is 14.3 Å². The lowest BCUT2D eigenvalue weighted by molar-refractivity contribution is 0.433. The molecule has 1 aliphatic heterocycles. The molecule has 0 radical (unpaired) electrons. The van der Waals surface area contributed by atoms with E-state index in [2.05, 4.69) is 10.0 Å². The third kappa shape index (κ3) is 5.23. The molecule has 0 amide bonds. The van der Waals surface area contributed by atoms with E-state index in [1.807, 2.05) is 0 Å². The van der Waals surface area contributed by atoms with Crippen molar-refractivity contribution in [3.8, 4) is 0 Å². The predicted molar refractivity (Wildman–Crippen MR) is 91.7 cm³/mol. The van der Waals surface area contributed by atoms with Gasteiger partial charge in [-0.15, -0.1) is 11.3 Å². The summed E-state index contributed by atoms with van der Waals surface area (Å²) in [7, 11) is -6.66. The highest BCUT2D eigenvalue weighted by Crippen LogP contribution is 2.25. The Morgan fingerprint density at radius 2 is 2.00 bits per heavy atom. The van der Waals surface area contributed by atoms with Gasteiger partial charge in [-0.3, -0.25) is 0 Å². The largest absolute Gasteiger partial charge is 0.315 e. The van der Waals surface area contributed by atoms with Crippen molar-refractivity contribution >= 4 is 31.4 Å². The maximum absolute atomic E-state index is 12.6. The van der Waals surface area contributed by atoms with Gasteiger partial charge in [0.15, 0.2) is 0 Å². The van der Waals surface area contributed by atoms with Gasteiger partial charge in [-0.05, 0) is 38.4 Å². The molecule has 0 aromatic carbocycles. The summed E-state index contributed by atoms with van der Waals surface area (Å²) in [5, 5.41) is 3.19. The highest BCUT2D eigenvalue weighted by atomic mass is 32.2. The molecular weight excluding hydrogens is 358 g/mol. The van der Waals surface area contributed by atoms with E-state index >= 15 is 0 Å². The minimum atomic E-state index is -3.45. The van der Waals surface area contributed by atoms with Gasteiger partial charge in [0, 0.05) is 31.1 Å². The quantitative estimate of drug-likeness (QED) is 0.704. The van der Waals surface area contributed by atoms with E-state index < -0.39 is 20.0 Å². The fourth-order valence-electron chi connectivity index (χ4n) is 2.25. The van der Waals surface area contributed by atoms with Crippen LogP contribution in [0.4, 0.5) is 0 Å². The minimum Gasteiger partial charge on any atom is -0.315 e. The number of nitrogens with zero attached hydrogens (tertiary/aromatic N) is 1. The second kappa shape index (κ2) is 8.04. The van der Waals surface area contributed by atoms with Crippen molar-refractivity contribution in [2.45, 2.75) is 24.0 Å². The normalized spacial score (nSPS) is 18.0. The molecule has 1 saturated heterocycles. The SMILES string of the molecule is CCS(=O)(=O)NCCc1ccc(S(=O)(=O)N2CCCNCC2)s1. The summed E-state index contributed by atoms with van der Waals surface area (Å²) in [5.41, 5.74) is 0. The molecule has 7 nitrogen and oxygen atoms in total. The first-order valence-electron chi connectivity index (χ1n) is 7.62. The predicted octanol–water partition coefficient (Wildman–Crippen LogP) is 0.214. The number of sulfonamides is 2. The molecule has 23 heavy (non-hydrogen) atoms. The van der Waals surface area contributed by atoms with Gasteiger partial charge < -0.3 is 5.32 Å². The molecule has 0 atom stereocenters. The number of hydrogen-bond acceptors (Lipinski definition) is 6. The van der Waals surface area contributed by atoms with E-state index in [-0.39, 0.29) is 12.3 Å². The van der Waals surface area contributed by atoms with E-state index in [1.165, 1.54) is 15.6 Å². The fourth-order valence-corrected chi connectivity index (χ4v) is 5.86. The number of rotatable bonds is 7. The average Bonchev–Trinajstić information content (AvgIpc) is 2.81. The summed E-state index contributed by atoms with van der Waals surface area (Å²) in [6.45, 7) is 4.36. The minimum absolute atomic E-state index is 0.0417. The molecule has 2 rings (SSSR count). The standard InChI is InChI=1S/C13H23N3O4S3/c1-2-22(17,18)15-8-6-12-4-5-13(21-12)23(19,20)16-10-3-7-14-9-11-16/h4-5,14-15H,2-3,6-11H2,1H3. The zero-order chi connectivity index (χ0) is 16.9. The first-order chi connectivity index (χ1) is 10.8. The van der Waals surface area contributed by atoms with Crippen LogP contribution in [0.1, 0.15) is 18.2 Å². The number of nitrogens with one attached hydrogen (secondary N) is 2. The van der Waals surface area contributed by atoms with Crippen LogP contribution in [0.15, 0.2) is 16.3 Å². The van der Waals surface area contributed by atoms with Crippen LogP contribution >= 0.6 is 11.3 Å². The Kier molecular flexibility index (Phi) is 6.57. The monoisotopic (exact) mass is 381 g/mol. The van der Waals surface area contributed by atoms with E-state index in [4.69, 9.17) is 0 Å². The summed E-state index contributed by atoms with van der Waals surface area (Å²) < 4.78 is 52.3. The van der Waals surface area contributed by atoms with Gasteiger partial charge in [0.25, 0.3) is 10.0 Å². The second-order valence-corrected chi connectivity index (χ2v) is 10.7. The molecule has 1 aromatic rings. The van der Waals surface area contributed by atoms with Crippen LogP contribution < -0.4 is 10.0 Å². The van der Waals surface area contributed by atoms with E-state index in [0.29, 0.717) is 30.3 Å². The Hall–Kier alpha value is -0.520. The van der Waals surface area contributed by atoms with E-state index in [9.17, 15) is 16.8 Å². The molecule has 0 aliphatic carbocycles. The maximum atomic E-state index is 12.6. The molecule has 1 aliphatic rings. The Labute approximate surface area is 142 Å². The van der Waals surface area contributed by atoms with Crippen LogP contribution in [-0.2, 0) is 26.5 Å². The molecule has 2 N–H and O–H groups in total. The molecule has 1 aromatic heterocycles. The van der Waals surface area contributed by atoms with Gasteiger partial charge in [0.2, 0.25) is 10.0 Å². The van der Waals surface area contributed by atoms with Crippen molar-refractivity contribution in [1.29, 1.82) is 0 Å². The van der Waals surface area contributed by atoms with Gasteiger partial charge in [-0.2, -0.15) is 4.31 Å². The topological polar surface area (TPSA) is 95.6 Å². The summed E-state index contributed by atoms with van der Waals surface area (Å²) in [6, 6.07) is 3.37. The molecular formula is C13H23N3O4S3. The van der Waals surface area contributed by atoms with Crippen molar-refractivity contribution in [3.63, 3.8) is 0 Å². The van der Waals surface area contributed by atoms with Crippen LogP contribution in [0.3, 0.4) is 0 Å². The van der Waals surface area contributed by atoms with Crippen molar-refractivity contribution in [2.75, 3.05) is 38.5 Å². The molecule has 0 unspecified atom stereocenters. The molecule has 2 heterocycles. The van der Waals surface area contributed by atoms with Gasteiger partial charge in [0.05, 0.1) is 5.75 Å². The van der Waals surface area contributed by atoms with Crippen molar-refractivity contribution in [2.24, 2.45) is 0 Å². The highest BCUT2D eigenvalue weighted by molar-refractivity contribution is 7.91. The number of thiophene rings is 1. The molecule has 10 heteroatoms. The lowest BCUT2D eigenvalue weighted by Crippen LogP contribution is -2.33. The van der Waals surface area contributed by atoms with Crippen LogP contribution in [0.2, 0.25) is 0 Å². The first kappa shape index (κ1) is 18.8. The lowest BCUT2D eigenvalue weighted by Gasteiger charge is -2.18. The average molecular weight is 382 g/mol. The zero-order valence-electron chi connectivity index (χ0n) is 13.1. The zero-order valence-corrected chi connectivity index (χ0v) is 15.6. The smallest absolute Gasteiger partial charge is 0.252 e. The summed E-state index contributed by atoms with van der Waals surface area (Å²) >= 11 is 1.21. The Morgan fingerprint density at radius 1 is 1.22 bits per heavy atom. The van der Waals surface area contributed by atoms with Crippen LogP contribution in [0.25, 0.3) is 0 Å². The third-order valence-corrected chi connectivity index (χ3v) is 8.52.